The zero-order chi connectivity index (χ0) is 10.9. The van der Waals surface area contributed by atoms with E-state index in [1.54, 1.807) is 0 Å². The molecule has 1 fully saturated rings. The zero-order valence-electron chi connectivity index (χ0n) is 9.09. The summed E-state index contributed by atoms with van der Waals surface area (Å²) in [6, 6.07) is 0.625. The van der Waals surface area contributed by atoms with E-state index in [9.17, 15) is 4.79 Å². The summed E-state index contributed by atoms with van der Waals surface area (Å²) in [5.74, 6) is -0.295. The minimum Gasteiger partial charge on any atom is -0.387 e. The minimum atomic E-state index is -0.415. The van der Waals surface area contributed by atoms with Crippen molar-refractivity contribution in [3.63, 3.8) is 0 Å². The third kappa shape index (κ3) is 5.71. The molecule has 1 heterocycles. The van der Waals surface area contributed by atoms with Crippen LogP contribution in [0.15, 0.2) is 0 Å². The van der Waals surface area contributed by atoms with E-state index in [0.717, 1.165) is 26.1 Å². The molecule has 0 aliphatic carbocycles. The standard InChI is InChI=1S/C10H21N3O2/c14-8-10(15)13-5-1-4-12-9-2-6-11-7-3-9/h9,11-12,14H,1-8H2,(H,13,15). The summed E-state index contributed by atoms with van der Waals surface area (Å²) in [4.78, 5) is 10.7. The van der Waals surface area contributed by atoms with Gasteiger partial charge in [0.15, 0.2) is 0 Å². The van der Waals surface area contributed by atoms with Crippen molar-refractivity contribution < 1.29 is 9.90 Å². The summed E-state index contributed by atoms with van der Waals surface area (Å²) in [6.07, 6.45) is 3.28. The van der Waals surface area contributed by atoms with Crippen molar-refractivity contribution in [1.82, 2.24) is 16.0 Å². The largest absolute Gasteiger partial charge is 0.387 e. The first-order valence-electron chi connectivity index (χ1n) is 5.64. The second-order valence-electron chi connectivity index (χ2n) is 3.84. The second kappa shape index (κ2) is 7.62. The number of aliphatic hydroxyl groups excluding tert-OH is 1. The van der Waals surface area contributed by atoms with E-state index >= 15 is 0 Å². The lowest BCUT2D eigenvalue weighted by Gasteiger charge is -2.23. The first kappa shape index (κ1) is 12.4. The number of aliphatic hydroxyl groups is 1. The molecule has 0 atom stereocenters. The van der Waals surface area contributed by atoms with E-state index in [2.05, 4.69) is 16.0 Å². The lowest BCUT2D eigenvalue weighted by atomic mass is 10.1. The topological polar surface area (TPSA) is 73.4 Å². The summed E-state index contributed by atoms with van der Waals surface area (Å²) in [5.41, 5.74) is 0. The highest BCUT2D eigenvalue weighted by Gasteiger charge is 2.10. The van der Waals surface area contributed by atoms with Gasteiger partial charge in [0.1, 0.15) is 6.61 Å². The van der Waals surface area contributed by atoms with E-state index in [-0.39, 0.29) is 5.91 Å². The van der Waals surface area contributed by atoms with Crippen LogP contribution >= 0.6 is 0 Å². The van der Waals surface area contributed by atoms with Crippen molar-refractivity contribution in [1.29, 1.82) is 0 Å². The summed E-state index contributed by atoms with van der Waals surface area (Å²) < 4.78 is 0. The van der Waals surface area contributed by atoms with Crippen LogP contribution in [-0.2, 0) is 4.79 Å². The summed E-state index contributed by atoms with van der Waals surface area (Å²) >= 11 is 0. The van der Waals surface area contributed by atoms with Gasteiger partial charge in [-0.15, -0.1) is 0 Å². The Kier molecular flexibility index (Phi) is 6.31. The zero-order valence-corrected chi connectivity index (χ0v) is 9.09. The number of amides is 1. The van der Waals surface area contributed by atoms with Gasteiger partial charge in [0.25, 0.3) is 0 Å². The molecule has 0 unspecified atom stereocenters. The van der Waals surface area contributed by atoms with Crippen molar-refractivity contribution in [3.05, 3.63) is 0 Å². The fourth-order valence-electron chi connectivity index (χ4n) is 1.70. The molecule has 1 rings (SSSR count). The predicted octanol–water partition coefficient (Wildman–Crippen LogP) is -1.17. The van der Waals surface area contributed by atoms with E-state index < -0.39 is 6.61 Å². The van der Waals surface area contributed by atoms with E-state index in [1.165, 1.54) is 12.8 Å². The number of piperidine rings is 1. The highest BCUT2D eigenvalue weighted by Crippen LogP contribution is 2.01. The number of carbonyl (C=O) groups excluding carboxylic acids is 1. The van der Waals surface area contributed by atoms with Gasteiger partial charge >= 0.3 is 0 Å². The maximum Gasteiger partial charge on any atom is 0.245 e. The Morgan fingerprint density at radius 3 is 2.73 bits per heavy atom. The van der Waals surface area contributed by atoms with Gasteiger partial charge in [-0.3, -0.25) is 4.79 Å². The van der Waals surface area contributed by atoms with E-state index in [1.807, 2.05) is 0 Å². The maximum absolute atomic E-state index is 10.7. The predicted molar refractivity (Wildman–Crippen MR) is 58.6 cm³/mol. The molecule has 88 valence electrons. The van der Waals surface area contributed by atoms with Crippen molar-refractivity contribution in [3.8, 4) is 0 Å². The van der Waals surface area contributed by atoms with Crippen LogP contribution in [0.1, 0.15) is 19.3 Å². The first-order valence-corrected chi connectivity index (χ1v) is 5.64. The van der Waals surface area contributed by atoms with Crippen molar-refractivity contribution in [2.75, 3.05) is 32.8 Å². The highest BCUT2D eigenvalue weighted by molar-refractivity contribution is 5.76. The molecule has 1 saturated heterocycles. The molecule has 1 aliphatic rings. The number of rotatable bonds is 6. The molecule has 0 spiro atoms. The lowest BCUT2D eigenvalue weighted by Crippen LogP contribution is -2.41. The lowest BCUT2D eigenvalue weighted by molar-refractivity contribution is -0.123. The van der Waals surface area contributed by atoms with Crippen LogP contribution in [0.2, 0.25) is 0 Å². The van der Waals surface area contributed by atoms with Crippen LogP contribution in [0.4, 0.5) is 0 Å². The van der Waals surface area contributed by atoms with Gasteiger partial charge in [0, 0.05) is 12.6 Å². The fraction of sp³-hybridized carbons (Fsp3) is 0.900. The molecule has 0 radical (unpaired) electrons. The van der Waals surface area contributed by atoms with Crippen molar-refractivity contribution in [2.24, 2.45) is 0 Å². The summed E-state index contributed by atoms with van der Waals surface area (Å²) in [7, 11) is 0. The van der Waals surface area contributed by atoms with E-state index in [0.29, 0.717) is 12.6 Å². The van der Waals surface area contributed by atoms with Crippen LogP contribution in [-0.4, -0.2) is 49.8 Å². The molecule has 15 heavy (non-hydrogen) atoms. The molecule has 0 saturated carbocycles. The maximum atomic E-state index is 10.7. The number of hydrogen-bond donors (Lipinski definition) is 4. The van der Waals surface area contributed by atoms with Crippen molar-refractivity contribution in [2.45, 2.75) is 25.3 Å². The Bertz CT molecular complexity index is 182. The van der Waals surface area contributed by atoms with Gasteiger partial charge in [-0.1, -0.05) is 0 Å². The van der Waals surface area contributed by atoms with Gasteiger partial charge in [0.05, 0.1) is 0 Å². The smallest absolute Gasteiger partial charge is 0.245 e. The third-order valence-corrected chi connectivity index (χ3v) is 2.59. The molecule has 5 nitrogen and oxygen atoms in total. The van der Waals surface area contributed by atoms with Crippen LogP contribution < -0.4 is 16.0 Å². The Hall–Kier alpha value is -0.650. The molecular weight excluding hydrogens is 194 g/mol. The normalized spacial score (nSPS) is 17.7. The molecular formula is C10H21N3O2. The molecule has 0 aromatic rings. The molecule has 5 heteroatoms. The Morgan fingerprint density at radius 1 is 1.33 bits per heavy atom. The third-order valence-electron chi connectivity index (χ3n) is 2.59. The first-order chi connectivity index (χ1) is 7.33. The highest BCUT2D eigenvalue weighted by atomic mass is 16.3. The van der Waals surface area contributed by atoms with Crippen molar-refractivity contribution >= 4 is 5.91 Å². The second-order valence-corrected chi connectivity index (χ2v) is 3.84. The number of carbonyl (C=O) groups is 1. The van der Waals surface area contributed by atoms with Crippen LogP contribution in [0.3, 0.4) is 0 Å². The Balaban J connectivity index is 1.89. The molecule has 0 aromatic heterocycles. The van der Waals surface area contributed by atoms with Gasteiger partial charge < -0.3 is 21.1 Å². The molecule has 1 amide bonds. The molecule has 0 bridgehead atoms. The average molecular weight is 215 g/mol. The van der Waals surface area contributed by atoms with E-state index in [4.69, 9.17) is 5.11 Å². The van der Waals surface area contributed by atoms with Gasteiger partial charge in [0.2, 0.25) is 5.91 Å². The summed E-state index contributed by atoms with van der Waals surface area (Å²) in [5, 5.41) is 17.9. The molecule has 0 aromatic carbocycles. The van der Waals surface area contributed by atoms with Crippen LogP contribution in [0.25, 0.3) is 0 Å². The number of nitrogens with one attached hydrogen (secondary N) is 3. The Morgan fingerprint density at radius 2 is 2.07 bits per heavy atom. The molecule has 4 N–H and O–H groups in total. The monoisotopic (exact) mass is 215 g/mol. The summed E-state index contributed by atoms with van der Waals surface area (Å²) in [6.45, 7) is 3.34. The SMILES string of the molecule is O=C(CO)NCCCNC1CCNCC1. The number of hydrogen-bond acceptors (Lipinski definition) is 4. The van der Waals surface area contributed by atoms with Gasteiger partial charge in [-0.05, 0) is 38.9 Å². The van der Waals surface area contributed by atoms with Gasteiger partial charge in [-0.2, -0.15) is 0 Å². The Labute approximate surface area is 90.6 Å². The van der Waals surface area contributed by atoms with Crippen LogP contribution in [0, 0.1) is 0 Å². The quantitative estimate of drug-likeness (QED) is 0.421. The fourth-order valence-corrected chi connectivity index (χ4v) is 1.70. The minimum absolute atomic E-state index is 0.295. The van der Waals surface area contributed by atoms with Gasteiger partial charge in [-0.25, -0.2) is 0 Å². The average Bonchev–Trinajstić information content (AvgIpc) is 2.29. The molecule has 1 aliphatic heterocycles. The van der Waals surface area contributed by atoms with Crippen LogP contribution in [0.5, 0.6) is 0 Å².